The van der Waals surface area contributed by atoms with Crippen LogP contribution in [0.2, 0.25) is 0 Å². The van der Waals surface area contributed by atoms with Crippen molar-refractivity contribution in [1.29, 1.82) is 0 Å². The molecule has 176 valence electrons. The van der Waals surface area contributed by atoms with E-state index in [1.807, 2.05) is 24.3 Å². The first-order valence-corrected chi connectivity index (χ1v) is 12.0. The van der Waals surface area contributed by atoms with Crippen molar-refractivity contribution in [3.05, 3.63) is 70.6 Å². The molecule has 3 aromatic rings. The molecule has 33 heavy (non-hydrogen) atoms. The molecule has 0 spiro atoms. The van der Waals surface area contributed by atoms with E-state index >= 15 is 0 Å². The average molecular weight is 540 g/mol. The molecule has 2 heterocycles. The molecule has 0 saturated carbocycles. The number of aromatic nitrogens is 3. The Kier molecular flexibility index (Phi) is 7.80. The van der Waals surface area contributed by atoms with Crippen molar-refractivity contribution in [2.75, 3.05) is 13.2 Å². The fraction of sp³-hybridized carbons (Fsp3) is 0.364. The average Bonchev–Trinajstić information content (AvgIpc) is 3.29. The van der Waals surface area contributed by atoms with Crippen LogP contribution >= 0.6 is 27.7 Å². The van der Waals surface area contributed by atoms with Gasteiger partial charge in [0, 0.05) is 10.0 Å². The molecule has 2 aromatic carbocycles. The molecule has 11 heteroatoms. The van der Waals surface area contributed by atoms with Crippen molar-refractivity contribution in [1.82, 2.24) is 15.0 Å². The van der Waals surface area contributed by atoms with Gasteiger partial charge < -0.3 is 25.2 Å². The number of benzene rings is 2. The van der Waals surface area contributed by atoms with E-state index in [1.54, 1.807) is 12.1 Å². The summed E-state index contributed by atoms with van der Waals surface area (Å²) in [5, 5.41) is 49.3. The summed E-state index contributed by atoms with van der Waals surface area (Å²) >= 11 is 4.65. The third kappa shape index (κ3) is 5.14. The number of hydrogen-bond donors (Lipinski definition) is 4. The summed E-state index contributed by atoms with van der Waals surface area (Å²) in [5.41, 5.74) is 0.794. The summed E-state index contributed by atoms with van der Waals surface area (Å²) in [4.78, 5) is 0. The lowest BCUT2D eigenvalue weighted by Gasteiger charge is -2.42. The van der Waals surface area contributed by atoms with E-state index in [9.17, 15) is 24.8 Å². The zero-order valence-electron chi connectivity index (χ0n) is 17.3. The Morgan fingerprint density at radius 1 is 1.12 bits per heavy atom. The van der Waals surface area contributed by atoms with Crippen molar-refractivity contribution in [2.45, 2.75) is 35.0 Å². The Morgan fingerprint density at radius 3 is 2.61 bits per heavy atom. The van der Waals surface area contributed by atoms with Crippen LogP contribution in [-0.4, -0.2) is 72.4 Å². The quantitative estimate of drug-likeness (QED) is 0.361. The van der Waals surface area contributed by atoms with E-state index < -0.39 is 47.5 Å². The van der Waals surface area contributed by atoms with Crippen LogP contribution in [-0.2, 0) is 4.74 Å². The molecule has 8 nitrogen and oxygen atoms in total. The van der Waals surface area contributed by atoms with E-state index in [1.165, 1.54) is 34.8 Å². The smallest absolute Gasteiger partial charge is 0.132 e. The lowest BCUT2D eigenvalue weighted by Crippen LogP contribution is -2.55. The van der Waals surface area contributed by atoms with Gasteiger partial charge in [-0.2, -0.15) is 0 Å². The maximum Gasteiger partial charge on any atom is 0.132 e. The molecular formula is C22H23BrFN3O5S. The van der Waals surface area contributed by atoms with Gasteiger partial charge in [0.15, 0.2) is 0 Å². The number of nitrogens with zero attached hydrogens (tertiary/aromatic N) is 3. The standard InChI is InChI=1S/C22H23BrFN3O5S/c23-15-7-2-1-6-14(15)18(11-29)33-22-21(31)19(20(30)17(10-28)32-22)27-9-16(25-26-27)12-4-3-5-13(24)8-12/h1-9,17-22,28-31H,10-11H2/t17-,18?,19+,20+,21-,22+/m1/s1. The van der Waals surface area contributed by atoms with Crippen LogP contribution in [0.3, 0.4) is 0 Å². The van der Waals surface area contributed by atoms with Gasteiger partial charge in [0.2, 0.25) is 0 Å². The van der Waals surface area contributed by atoms with Gasteiger partial charge in [-0.05, 0) is 23.8 Å². The number of halogens is 2. The van der Waals surface area contributed by atoms with Crippen molar-refractivity contribution in [2.24, 2.45) is 0 Å². The van der Waals surface area contributed by atoms with Gasteiger partial charge in [0.25, 0.3) is 0 Å². The largest absolute Gasteiger partial charge is 0.395 e. The molecule has 1 fully saturated rings. The predicted octanol–water partition coefficient (Wildman–Crippen LogP) is 2.29. The molecule has 1 aromatic heterocycles. The third-order valence-electron chi connectivity index (χ3n) is 5.50. The molecule has 0 radical (unpaired) electrons. The van der Waals surface area contributed by atoms with E-state index in [4.69, 9.17) is 4.74 Å². The van der Waals surface area contributed by atoms with Crippen LogP contribution in [0.4, 0.5) is 4.39 Å². The van der Waals surface area contributed by atoms with Crippen molar-refractivity contribution < 1.29 is 29.6 Å². The van der Waals surface area contributed by atoms with E-state index in [0.717, 1.165) is 10.0 Å². The second kappa shape index (κ2) is 10.6. The molecule has 4 rings (SSSR count). The minimum absolute atomic E-state index is 0.218. The Morgan fingerprint density at radius 2 is 1.91 bits per heavy atom. The Labute approximate surface area is 202 Å². The second-order valence-corrected chi connectivity index (χ2v) is 9.78. The highest BCUT2D eigenvalue weighted by molar-refractivity contribution is 9.10. The highest BCUT2D eigenvalue weighted by Crippen LogP contribution is 2.42. The van der Waals surface area contributed by atoms with Gasteiger partial charge in [-0.1, -0.05) is 51.5 Å². The van der Waals surface area contributed by atoms with Gasteiger partial charge in [-0.3, -0.25) is 0 Å². The topological polar surface area (TPSA) is 121 Å². The minimum Gasteiger partial charge on any atom is -0.395 e. The van der Waals surface area contributed by atoms with Gasteiger partial charge >= 0.3 is 0 Å². The first kappa shape index (κ1) is 24.3. The number of thioether (sulfide) groups is 1. The van der Waals surface area contributed by atoms with Crippen molar-refractivity contribution in [3.63, 3.8) is 0 Å². The van der Waals surface area contributed by atoms with Crippen LogP contribution in [0, 0.1) is 5.82 Å². The molecule has 1 saturated heterocycles. The van der Waals surface area contributed by atoms with Crippen LogP contribution in [0.5, 0.6) is 0 Å². The molecule has 0 aliphatic carbocycles. The summed E-state index contributed by atoms with van der Waals surface area (Å²) in [7, 11) is 0. The fourth-order valence-corrected chi connectivity index (χ4v) is 5.81. The molecule has 4 N–H and O–H groups in total. The monoisotopic (exact) mass is 539 g/mol. The van der Waals surface area contributed by atoms with Gasteiger partial charge in [0.05, 0.1) is 24.7 Å². The summed E-state index contributed by atoms with van der Waals surface area (Å²) in [6.07, 6.45) is -2.01. The molecule has 0 amide bonds. The Bertz CT molecular complexity index is 1090. The van der Waals surface area contributed by atoms with Gasteiger partial charge in [0.1, 0.15) is 41.3 Å². The number of aliphatic hydroxyl groups is 4. The minimum atomic E-state index is -1.28. The normalized spacial score (nSPS) is 26.3. The van der Waals surface area contributed by atoms with E-state index in [0.29, 0.717) is 11.3 Å². The molecule has 1 aliphatic rings. The van der Waals surface area contributed by atoms with Crippen molar-refractivity contribution >= 4 is 27.7 Å². The van der Waals surface area contributed by atoms with Gasteiger partial charge in [-0.15, -0.1) is 16.9 Å². The number of hydrogen-bond acceptors (Lipinski definition) is 8. The fourth-order valence-electron chi connectivity index (χ4n) is 3.81. The summed E-state index contributed by atoms with van der Waals surface area (Å²) < 4.78 is 21.5. The molecule has 6 atom stereocenters. The van der Waals surface area contributed by atoms with E-state index in [-0.39, 0.29) is 6.61 Å². The molecular weight excluding hydrogens is 517 g/mol. The van der Waals surface area contributed by atoms with Crippen LogP contribution in [0.25, 0.3) is 11.3 Å². The Hall–Kier alpha value is -1.86. The predicted molar refractivity (Wildman–Crippen MR) is 124 cm³/mol. The first-order valence-electron chi connectivity index (χ1n) is 10.2. The SMILES string of the molecule is OCC(S[C@@H]1O[C@H](CO)[C@H](O)[C@H](n2cc(-c3cccc(F)c3)nn2)[C@H]1O)c1ccccc1Br. The first-order chi connectivity index (χ1) is 15.9. The number of aliphatic hydroxyl groups excluding tert-OH is 4. The zero-order valence-corrected chi connectivity index (χ0v) is 19.7. The van der Waals surface area contributed by atoms with E-state index in [2.05, 4.69) is 26.2 Å². The second-order valence-electron chi connectivity index (χ2n) is 7.62. The lowest BCUT2D eigenvalue weighted by molar-refractivity contribution is -0.178. The van der Waals surface area contributed by atoms with Crippen LogP contribution < -0.4 is 0 Å². The van der Waals surface area contributed by atoms with Crippen molar-refractivity contribution in [3.8, 4) is 11.3 Å². The highest BCUT2D eigenvalue weighted by Gasteiger charge is 2.47. The molecule has 0 bridgehead atoms. The van der Waals surface area contributed by atoms with Crippen LogP contribution in [0.15, 0.2) is 59.2 Å². The lowest BCUT2D eigenvalue weighted by atomic mass is 9.97. The maximum absolute atomic E-state index is 13.6. The van der Waals surface area contributed by atoms with Gasteiger partial charge in [-0.25, -0.2) is 9.07 Å². The number of ether oxygens (including phenoxy) is 1. The molecule has 1 aliphatic heterocycles. The number of rotatable bonds is 7. The third-order valence-corrected chi connectivity index (χ3v) is 7.61. The highest BCUT2D eigenvalue weighted by atomic mass is 79.9. The van der Waals surface area contributed by atoms with Crippen LogP contribution in [0.1, 0.15) is 16.9 Å². The summed E-state index contributed by atoms with van der Waals surface area (Å²) in [6, 6.07) is 12.3. The zero-order chi connectivity index (χ0) is 23.5. The Balaban J connectivity index is 1.61. The summed E-state index contributed by atoms with van der Waals surface area (Å²) in [6.45, 7) is -0.699. The molecule has 1 unspecified atom stereocenters. The maximum atomic E-state index is 13.6. The summed E-state index contributed by atoms with van der Waals surface area (Å²) in [5.74, 6) is -0.424.